The van der Waals surface area contributed by atoms with Crippen molar-refractivity contribution in [3.63, 3.8) is 0 Å². The summed E-state index contributed by atoms with van der Waals surface area (Å²) >= 11 is 1.65. The van der Waals surface area contributed by atoms with Crippen molar-refractivity contribution in [2.75, 3.05) is 13.4 Å². The second kappa shape index (κ2) is 6.88. The Kier molecular flexibility index (Phi) is 4.42. The van der Waals surface area contributed by atoms with Gasteiger partial charge in [-0.3, -0.25) is 4.68 Å². The Balaban J connectivity index is 1.74. The van der Waals surface area contributed by atoms with Gasteiger partial charge in [0.1, 0.15) is 17.0 Å². The maximum absolute atomic E-state index is 5.48. The highest BCUT2D eigenvalue weighted by Gasteiger charge is 2.17. The summed E-state index contributed by atoms with van der Waals surface area (Å²) in [4.78, 5) is 5.92. The number of hydrogen-bond acceptors (Lipinski definition) is 4. The lowest BCUT2D eigenvalue weighted by molar-refractivity contribution is 0.406. The molecule has 0 aliphatic heterocycles. The van der Waals surface area contributed by atoms with E-state index in [4.69, 9.17) is 14.8 Å². The molecule has 2 heterocycles. The molecule has 2 aromatic heterocycles. The average Bonchev–Trinajstić information content (AvgIpc) is 3.26. The molecular weight excluding hydrogens is 344 g/mol. The number of imidazole rings is 1. The van der Waals surface area contributed by atoms with Crippen molar-refractivity contribution in [2.45, 2.75) is 11.4 Å². The van der Waals surface area contributed by atoms with Gasteiger partial charge in [0.05, 0.1) is 24.1 Å². The molecule has 26 heavy (non-hydrogen) atoms. The first-order valence-electron chi connectivity index (χ1n) is 8.36. The minimum Gasteiger partial charge on any atom is -0.496 e. The largest absolute Gasteiger partial charge is 0.496 e. The third-order valence-electron chi connectivity index (χ3n) is 4.45. The van der Waals surface area contributed by atoms with Gasteiger partial charge >= 0.3 is 0 Å². The third-order valence-corrected chi connectivity index (χ3v) is 5.25. The van der Waals surface area contributed by atoms with Gasteiger partial charge in [-0.15, -0.1) is 11.8 Å². The van der Waals surface area contributed by atoms with E-state index in [1.54, 1.807) is 18.9 Å². The van der Waals surface area contributed by atoms with Gasteiger partial charge in [-0.25, -0.2) is 4.98 Å². The van der Waals surface area contributed by atoms with Gasteiger partial charge in [0.25, 0.3) is 0 Å². The Morgan fingerprint density at radius 1 is 1.08 bits per heavy atom. The number of aryl methyl sites for hydroxylation is 1. The molecule has 0 saturated carbocycles. The molecule has 4 aromatic rings. The molecule has 0 fully saturated rings. The molecule has 0 aliphatic rings. The Morgan fingerprint density at radius 2 is 1.88 bits per heavy atom. The third kappa shape index (κ3) is 2.86. The predicted molar refractivity (Wildman–Crippen MR) is 106 cm³/mol. The zero-order chi connectivity index (χ0) is 18.1. The van der Waals surface area contributed by atoms with Gasteiger partial charge in [-0.05, 0) is 30.0 Å². The Hall–Kier alpha value is -2.73. The summed E-state index contributed by atoms with van der Waals surface area (Å²) in [6.45, 7) is 0.745. The SMILES string of the molecule is COc1ccc2c(nc(-c3ccn(Cc4ccccc4)n3)n2C)c1SC. The van der Waals surface area contributed by atoms with Crippen molar-refractivity contribution in [3.8, 4) is 17.3 Å². The van der Waals surface area contributed by atoms with Gasteiger partial charge in [-0.2, -0.15) is 5.10 Å². The van der Waals surface area contributed by atoms with Crippen molar-refractivity contribution in [1.29, 1.82) is 0 Å². The van der Waals surface area contributed by atoms with Gasteiger partial charge in [0, 0.05) is 13.2 Å². The number of methoxy groups -OCH3 is 1. The maximum Gasteiger partial charge on any atom is 0.161 e. The summed E-state index contributed by atoms with van der Waals surface area (Å²) in [7, 11) is 3.72. The highest BCUT2D eigenvalue weighted by Crippen LogP contribution is 2.36. The van der Waals surface area contributed by atoms with Crippen LogP contribution in [0.25, 0.3) is 22.6 Å². The van der Waals surface area contributed by atoms with E-state index < -0.39 is 0 Å². The summed E-state index contributed by atoms with van der Waals surface area (Å²) < 4.78 is 9.51. The molecule has 0 spiro atoms. The van der Waals surface area contributed by atoms with Crippen LogP contribution in [0.5, 0.6) is 5.75 Å². The highest BCUT2D eigenvalue weighted by atomic mass is 32.2. The van der Waals surface area contributed by atoms with Crippen LogP contribution >= 0.6 is 11.8 Å². The van der Waals surface area contributed by atoms with Gasteiger partial charge < -0.3 is 9.30 Å². The van der Waals surface area contributed by atoms with E-state index in [9.17, 15) is 0 Å². The van der Waals surface area contributed by atoms with E-state index in [0.717, 1.165) is 39.7 Å². The minimum absolute atomic E-state index is 0.745. The molecule has 0 saturated heterocycles. The van der Waals surface area contributed by atoms with E-state index in [-0.39, 0.29) is 0 Å². The minimum atomic E-state index is 0.745. The fourth-order valence-corrected chi connectivity index (χ4v) is 3.84. The van der Waals surface area contributed by atoms with Crippen molar-refractivity contribution in [1.82, 2.24) is 19.3 Å². The van der Waals surface area contributed by atoms with E-state index in [1.165, 1.54) is 5.56 Å². The van der Waals surface area contributed by atoms with Crippen LogP contribution in [0.15, 0.2) is 59.6 Å². The highest BCUT2D eigenvalue weighted by molar-refractivity contribution is 7.99. The molecule has 0 radical (unpaired) electrons. The van der Waals surface area contributed by atoms with Crippen molar-refractivity contribution in [2.24, 2.45) is 7.05 Å². The summed E-state index contributed by atoms with van der Waals surface area (Å²) in [5, 5.41) is 4.73. The molecule has 0 N–H and O–H groups in total. The first-order chi connectivity index (χ1) is 12.7. The van der Waals surface area contributed by atoms with E-state index in [0.29, 0.717) is 0 Å². The molecule has 6 heteroatoms. The number of ether oxygens (including phenoxy) is 1. The molecule has 0 aliphatic carbocycles. The van der Waals surface area contributed by atoms with Crippen LogP contribution in [0.3, 0.4) is 0 Å². The number of benzene rings is 2. The molecule has 2 aromatic carbocycles. The lowest BCUT2D eigenvalue weighted by atomic mass is 10.2. The van der Waals surface area contributed by atoms with Crippen LogP contribution in [0.1, 0.15) is 5.56 Å². The quantitative estimate of drug-likeness (QED) is 0.498. The Bertz CT molecular complexity index is 1050. The van der Waals surface area contributed by atoms with E-state index >= 15 is 0 Å². The van der Waals surface area contributed by atoms with Crippen molar-refractivity contribution in [3.05, 3.63) is 60.3 Å². The Morgan fingerprint density at radius 3 is 2.62 bits per heavy atom. The Labute approximate surface area is 156 Å². The molecule has 132 valence electrons. The first-order valence-corrected chi connectivity index (χ1v) is 9.59. The lowest BCUT2D eigenvalue weighted by Crippen LogP contribution is -2.01. The monoisotopic (exact) mass is 364 g/mol. The number of nitrogens with zero attached hydrogens (tertiary/aromatic N) is 4. The van der Waals surface area contributed by atoms with Gasteiger partial charge in [-0.1, -0.05) is 30.3 Å². The van der Waals surface area contributed by atoms with E-state index in [2.05, 4.69) is 16.7 Å². The van der Waals surface area contributed by atoms with Crippen LogP contribution in [-0.4, -0.2) is 32.7 Å². The van der Waals surface area contributed by atoms with Crippen LogP contribution in [0.2, 0.25) is 0 Å². The topological polar surface area (TPSA) is 44.9 Å². The predicted octanol–water partition coefficient (Wildman–Crippen LogP) is 4.22. The zero-order valence-corrected chi connectivity index (χ0v) is 15.8. The molecule has 4 rings (SSSR count). The first kappa shape index (κ1) is 16.7. The number of fused-ring (bicyclic) bond motifs is 1. The normalized spacial score (nSPS) is 11.2. The molecule has 0 unspecified atom stereocenters. The summed E-state index contributed by atoms with van der Waals surface area (Å²) in [5.74, 6) is 1.71. The van der Waals surface area contributed by atoms with Gasteiger partial charge in [0.15, 0.2) is 5.82 Å². The number of rotatable bonds is 5. The molecule has 0 amide bonds. The van der Waals surface area contributed by atoms with Crippen LogP contribution < -0.4 is 4.74 Å². The smallest absolute Gasteiger partial charge is 0.161 e. The average molecular weight is 364 g/mol. The van der Waals surface area contributed by atoms with E-state index in [1.807, 2.05) is 60.6 Å². The van der Waals surface area contributed by atoms with Crippen LogP contribution in [-0.2, 0) is 13.6 Å². The number of aromatic nitrogens is 4. The fraction of sp³-hybridized carbons (Fsp3) is 0.200. The summed E-state index contributed by atoms with van der Waals surface area (Å²) in [6, 6.07) is 16.4. The molecular formula is C20H20N4OS. The maximum atomic E-state index is 5.48. The fourth-order valence-electron chi connectivity index (χ4n) is 3.14. The molecule has 0 bridgehead atoms. The summed E-state index contributed by atoms with van der Waals surface area (Å²) in [5.41, 5.74) is 4.11. The van der Waals surface area contributed by atoms with Crippen LogP contribution in [0, 0.1) is 0 Å². The molecule has 0 atom stereocenters. The number of hydrogen-bond donors (Lipinski definition) is 0. The standard InChI is InChI=1S/C20H20N4OS/c1-23-16-9-10-17(25-2)19(26-3)18(16)21-20(23)15-11-12-24(22-15)13-14-7-5-4-6-8-14/h4-12H,13H2,1-3H3. The lowest BCUT2D eigenvalue weighted by Gasteiger charge is -2.06. The second-order valence-corrected chi connectivity index (χ2v) is 6.86. The van der Waals surface area contributed by atoms with Crippen LogP contribution in [0.4, 0.5) is 0 Å². The van der Waals surface area contributed by atoms with Gasteiger partial charge in [0.2, 0.25) is 0 Å². The second-order valence-electron chi connectivity index (χ2n) is 6.05. The zero-order valence-electron chi connectivity index (χ0n) is 15.0. The summed E-state index contributed by atoms with van der Waals surface area (Å²) in [6.07, 6.45) is 4.04. The van der Waals surface area contributed by atoms with Crippen molar-refractivity contribution < 1.29 is 4.74 Å². The van der Waals surface area contributed by atoms with Crippen molar-refractivity contribution >= 4 is 22.8 Å². The molecule has 5 nitrogen and oxygen atoms in total. The number of thioether (sulfide) groups is 1.